The quantitative estimate of drug-likeness (QED) is 0.249. The minimum atomic E-state index is 0.0470. The lowest BCUT2D eigenvalue weighted by Gasteiger charge is -2.13. The Balaban J connectivity index is 0.000000728. The third kappa shape index (κ3) is 13.4. The maximum atomic E-state index is 12.4. The first kappa shape index (κ1) is 31.1. The molecule has 5 heteroatoms. The first-order valence-electron chi connectivity index (χ1n) is 12.6. The highest BCUT2D eigenvalue weighted by Gasteiger charge is 2.16. The van der Waals surface area contributed by atoms with Gasteiger partial charge in [0.05, 0.1) is 6.61 Å². The predicted octanol–water partition coefficient (Wildman–Crippen LogP) is 5.78. The Morgan fingerprint density at radius 1 is 1.00 bits per heavy atom. The van der Waals surface area contributed by atoms with Gasteiger partial charge in [0, 0.05) is 43.5 Å². The molecule has 1 rings (SSSR count). The van der Waals surface area contributed by atoms with E-state index in [4.69, 9.17) is 9.84 Å². The van der Waals surface area contributed by atoms with Crippen molar-refractivity contribution in [1.82, 2.24) is 0 Å². The molecule has 2 atom stereocenters. The van der Waals surface area contributed by atoms with E-state index < -0.39 is 0 Å². The molecule has 0 radical (unpaired) electrons. The molecule has 5 nitrogen and oxygen atoms in total. The average Bonchev–Trinajstić information content (AvgIpc) is 2.81. The van der Waals surface area contributed by atoms with Gasteiger partial charge in [-0.2, -0.15) is 0 Å². The van der Waals surface area contributed by atoms with Crippen molar-refractivity contribution >= 4 is 17.3 Å². The molecule has 33 heavy (non-hydrogen) atoms. The number of ether oxygens (including phenoxy) is 1. The van der Waals surface area contributed by atoms with Gasteiger partial charge in [-0.25, -0.2) is 0 Å². The summed E-state index contributed by atoms with van der Waals surface area (Å²) in [5, 5.41) is 8.69. The van der Waals surface area contributed by atoms with Gasteiger partial charge < -0.3 is 9.84 Å². The summed E-state index contributed by atoms with van der Waals surface area (Å²) < 4.78 is 5.46. The average molecular weight is 463 g/mol. The number of carbonyl (C=O) groups excluding carboxylic acids is 3. The molecule has 0 saturated carbocycles. The highest BCUT2D eigenvalue weighted by Crippen LogP contribution is 2.19. The maximum absolute atomic E-state index is 12.4. The second-order valence-electron chi connectivity index (χ2n) is 8.80. The normalized spacial score (nSPS) is 12.5. The highest BCUT2D eigenvalue weighted by atomic mass is 16.5. The van der Waals surface area contributed by atoms with E-state index in [2.05, 4.69) is 13.0 Å². The number of aryl methyl sites for hydroxylation is 1. The molecule has 0 amide bonds. The zero-order valence-electron chi connectivity index (χ0n) is 21.7. The lowest BCUT2D eigenvalue weighted by Crippen LogP contribution is -2.13. The van der Waals surface area contributed by atoms with Crippen LogP contribution in [0, 0.1) is 11.8 Å². The SMILES string of the molecule is CCCC(=O)CCC(C)C(C)=O.CCc1cc(CCOCCCO)ccc1C(=O)C(C)CC. The van der Waals surface area contributed by atoms with Crippen molar-refractivity contribution < 1.29 is 24.2 Å². The lowest BCUT2D eigenvalue weighted by atomic mass is 9.91. The number of benzene rings is 1. The van der Waals surface area contributed by atoms with Crippen molar-refractivity contribution in [2.75, 3.05) is 19.8 Å². The summed E-state index contributed by atoms with van der Waals surface area (Å²) in [7, 11) is 0. The largest absolute Gasteiger partial charge is 0.396 e. The molecular formula is C28H46O5. The van der Waals surface area contributed by atoms with E-state index in [-0.39, 0.29) is 35.8 Å². The van der Waals surface area contributed by atoms with Gasteiger partial charge in [0.1, 0.15) is 11.6 Å². The van der Waals surface area contributed by atoms with E-state index in [9.17, 15) is 14.4 Å². The van der Waals surface area contributed by atoms with E-state index in [0.29, 0.717) is 38.9 Å². The lowest BCUT2D eigenvalue weighted by molar-refractivity contribution is -0.121. The molecule has 0 fully saturated rings. The molecule has 1 aromatic rings. The van der Waals surface area contributed by atoms with Crippen molar-refractivity contribution in [1.29, 1.82) is 0 Å². The Labute approximate surface area is 201 Å². The molecule has 0 bridgehead atoms. The van der Waals surface area contributed by atoms with Crippen molar-refractivity contribution in [3.05, 3.63) is 34.9 Å². The van der Waals surface area contributed by atoms with Crippen LogP contribution in [0.1, 0.15) is 102 Å². The Bertz CT molecular complexity index is 710. The minimum Gasteiger partial charge on any atom is -0.396 e. The topological polar surface area (TPSA) is 80.7 Å². The summed E-state index contributed by atoms with van der Waals surface area (Å²) in [4.78, 5) is 34.2. The molecule has 188 valence electrons. The first-order chi connectivity index (χ1) is 15.7. The second kappa shape index (κ2) is 18.6. The van der Waals surface area contributed by atoms with Crippen LogP contribution in [-0.4, -0.2) is 42.3 Å². The number of Topliss-reactive ketones (excluding diaryl/α,β-unsaturated/α-hetero) is 3. The van der Waals surface area contributed by atoms with Gasteiger partial charge in [0.2, 0.25) is 0 Å². The minimum absolute atomic E-state index is 0.0470. The monoisotopic (exact) mass is 462 g/mol. The molecule has 1 N–H and O–H groups in total. The van der Waals surface area contributed by atoms with Crippen LogP contribution in [0.25, 0.3) is 0 Å². The van der Waals surface area contributed by atoms with E-state index in [1.54, 1.807) is 6.92 Å². The van der Waals surface area contributed by atoms with Crippen LogP contribution in [0.15, 0.2) is 18.2 Å². The number of aliphatic hydroxyl groups is 1. The molecule has 0 saturated heterocycles. The van der Waals surface area contributed by atoms with Gasteiger partial charge in [-0.1, -0.05) is 52.8 Å². The third-order valence-electron chi connectivity index (χ3n) is 5.94. The van der Waals surface area contributed by atoms with Crippen LogP contribution < -0.4 is 0 Å². The fourth-order valence-corrected chi connectivity index (χ4v) is 3.23. The smallest absolute Gasteiger partial charge is 0.165 e. The van der Waals surface area contributed by atoms with Crippen molar-refractivity contribution in [3.63, 3.8) is 0 Å². The van der Waals surface area contributed by atoms with E-state index in [0.717, 1.165) is 36.8 Å². The van der Waals surface area contributed by atoms with E-state index >= 15 is 0 Å². The molecule has 0 spiro atoms. The molecule has 0 aromatic heterocycles. The van der Waals surface area contributed by atoms with Crippen LogP contribution >= 0.6 is 0 Å². The Morgan fingerprint density at radius 2 is 1.70 bits per heavy atom. The fraction of sp³-hybridized carbons (Fsp3) is 0.679. The van der Waals surface area contributed by atoms with Crippen LogP contribution in [0.2, 0.25) is 0 Å². The number of hydrogen-bond acceptors (Lipinski definition) is 5. The molecule has 0 heterocycles. The molecule has 0 aliphatic heterocycles. The summed E-state index contributed by atoms with van der Waals surface area (Å²) in [5.41, 5.74) is 3.21. The van der Waals surface area contributed by atoms with E-state index in [1.165, 1.54) is 5.56 Å². The highest BCUT2D eigenvalue weighted by molar-refractivity contribution is 5.99. The van der Waals surface area contributed by atoms with Gasteiger partial charge >= 0.3 is 0 Å². The Kier molecular flexibility index (Phi) is 17.5. The summed E-state index contributed by atoms with van der Waals surface area (Å²) in [6, 6.07) is 6.13. The molecule has 2 unspecified atom stereocenters. The standard InChI is InChI=1S/C18H28O3.C10H18O2/c1-4-14(3)18(20)17-8-7-15(13-16(17)5-2)9-12-21-11-6-10-19;1-4-5-10(12)7-6-8(2)9(3)11/h7-8,13-14,19H,4-6,9-12H2,1-3H3;8H,4-7H2,1-3H3. The van der Waals surface area contributed by atoms with Crippen LogP contribution in [0.5, 0.6) is 0 Å². The van der Waals surface area contributed by atoms with Crippen molar-refractivity contribution in [2.45, 2.75) is 92.9 Å². The van der Waals surface area contributed by atoms with Gasteiger partial charge in [0.15, 0.2) is 5.78 Å². The van der Waals surface area contributed by atoms with Crippen molar-refractivity contribution in [3.8, 4) is 0 Å². The molecule has 1 aromatic carbocycles. The predicted molar refractivity (Wildman–Crippen MR) is 135 cm³/mol. The first-order valence-corrected chi connectivity index (χ1v) is 12.6. The van der Waals surface area contributed by atoms with Crippen LogP contribution in [0.3, 0.4) is 0 Å². The van der Waals surface area contributed by atoms with Gasteiger partial charge in [-0.05, 0) is 56.6 Å². The molecular weight excluding hydrogens is 416 g/mol. The van der Waals surface area contributed by atoms with Gasteiger partial charge in [-0.15, -0.1) is 0 Å². The Morgan fingerprint density at radius 3 is 2.24 bits per heavy atom. The number of ketones is 3. The molecule has 0 aliphatic rings. The second-order valence-corrected chi connectivity index (χ2v) is 8.80. The summed E-state index contributed by atoms with van der Waals surface area (Å²) in [6.45, 7) is 13.0. The third-order valence-corrected chi connectivity index (χ3v) is 5.94. The van der Waals surface area contributed by atoms with Crippen LogP contribution in [-0.2, 0) is 27.2 Å². The number of carbonyl (C=O) groups is 3. The summed E-state index contributed by atoms with van der Waals surface area (Å²) in [6.07, 6.45) is 6.12. The fourth-order valence-electron chi connectivity index (χ4n) is 3.23. The Hall–Kier alpha value is -1.85. The van der Waals surface area contributed by atoms with Crippen LogP contribution in [0.4, 0.5) is 0 Å². The number of hydrogen-bond donors (Lipinski definition) is 1. The zero-order valence-corrected chi connectivity index (χ0v) is 21.7. The summed E-state index contributed by atoms with van der Waals surface area (Å²) in [5.74, 6) is 0.846. The maximum Gasteiger partial charge on any atom is 0.165 e. The summed E-state index contributed by atoms with van der Waals surface area (Å²) >= 11 is 0. The van der Waals surface area contributed by atoms with Crippen molar-refractivity contribution in [2.24, 2.45) is 11.8 Å². The van der Waals surface area contributed by atoms with Gasteiger partial charge in [0.25, 0.3) is 0 Å². The number of rotatable bonds is 16. The molecule has 0 aliphatic carbocycles. The van der Waals surface area contributed by atoms with Gasteiger partial charge in [-0.3, -0.25) is 14.4 Å². The number of aliphatic hydroxyl groups excluding tert-OH is 1. The van der Waals surface area contributed by atoms with E-state index in [1.807, 2.05) is 39.8 Å². The zero-order chi connectivity index (χ0) is 25.2.